The van der Waals surface area contributed by atoms with E-state index in [9.17, 15) is 0 Å². The second kappa shape index (κ2) is 12.2. The Morgan fingerprint density at radius 2 is 1.92 bits per heavy atom. The van der Waals surface area contributed by atoms with Gasteiger partial charge >= 0.3 is 0 Å². The normalized spacial score (nSPS) is 17.5. The summed E-state index contributed by atoms with van der Waals surface area (Å²) in [5, 5.41) is 11.4. The van der Waals surface area contributed by atoms with Gasteiger partial charge in [-0.2, -0.15) is 15.1 Å². The molecule has 0 unspecified atom stereocenters. The number of rotatable bonds is 10. The lowest BCUT2D eigenvalue weighted by Gasteiger charge is -2.26. The van der Waals surface area contributed by atoms with Crippen molar-refractivity contribution in [1.82, 2.24) is 24.8 Å². The molecule has 2 fully saturated rings. The lowest BCUT2D eigenvalue weighted by atomic mass is 9.96. The van der Waals surface area contributed by atoms with E-state index < -0.39 is 0 Å². The van der Waals surface area contributed by atoms with Crippen molar-refractivity contribution in [2.24, 2.45) is 0 Å². The molecule has 194 valence electrons. The van der Waals surface area contributed by atoms with Gasteiger partial charge in [-0.05, 0) is 31.4 Å². The van der Waals surface area contributed by atoms with Crippen molar-refractivity contribution in [1.29, 1.82) is 0 Å². The standard InChI is InChI=1S/C26H37N7O2S/c1-3-4-14-27-26-28-19-23-24(30-33(25(23)29-26)22-8-6-5-7-9-22)20-10-12-21(13-11-20)31(2)36-35-32-15-17-34-18-16-32/h10-13,19,22H,3-9,14-18H2,1-2H3,(H,27,28,29). The van der Waals surface area contributed by atoms with E-state index in [0.717, 1.165) is 73.3 Å². The van der Waals surface area contributed by atoms with Crippen molar-refractivity contribution in [3.63, 3.8) is 0 Å². The Morgan fingerprint density at radius 3 is 2.67 bits per heavy atom. The molecule has 0 atom stereocenters. The number of hydroxylamine groups is 2. The van der Waals surface area contributed by atoms with Gasteiger partial charge < -0.3 is 10.1 Å². The van der Waals surface area contributed by atoms with Gasteiger partial charge in [0.15, 0.2) is 5.65 Å². The number of hydrogen-bond donors (Lipinski definition) is 1. The first kappa shape index (κ1) is 25.3. The molecule has 1 saturated heterocycles. The van der Waals surface area contributed by atoms with Crippen LogP contribution >= 0.6 is 12.2 Å². The van der Waals surface area contributed by atoms with E-state index in [0.29, 0.717) is 25.2 Å². The summed E-state index contributed by atoms with van der Waals surface area (Å²) in [4.78, 5) is 9.54. The molecule has 1 aromatic carbocycles. The Labute approximate surface area is 217 Å². The molecule has 0 amide bonds. The summed E-state index contributed by atoms with van der Waals surface area (Å²) in [6.07, 6.45) is 10.3. The van der Waals surface area contributed by atoms with Crippen LogP contribution in [0.2, 0.25) is 0 Å². The molecule has 1 aliphatic carbocycles. The number of aromatic nitrogens is 4. The number of nitrogens with one attached hydrogen (secondary N) is 1. The monoisotopic (exact) mass is 511 g/mol. The van der Waals surface area contributed by atoms with E-state index in [1.165, 1.54) is 31.5 Å². The van der Waals surface area contributed by atoms with Gasteiger partial charge in [0.2, 0.25) is 5.95 Å². The highest BCUT2D eigenvalue weighted by molar-refractivity contribution is 7.96. The summed E-state index contributed by atoms with van der Waals surface area (Å²) in [6, 6.07) is 8.87. The summed E-state index contributed by atoms with van der Waals surface area (Å²) >= 11 is 1.33. The number of benzene rings is 1. The zero-order valence-electron chi connectivity index (χ0n) is 21.4. The van der Waals surface area contributed by atoms with Crippen LogP contribution in [0.25, 0.3) is 22.3 Å². The van der Waals surface area contributed by atoms with Gasteiger partial charge in [0, 0.05) is 44.1 Å². The summed E-state index contributed by atoms with van der Waals surface area (Å²) in [6.45, 7) is 6.06. The highest BCUT2D eigenvalue weighted by Gasteiger charge is 2.23. The SMILES string of the molecule is CCCCNc1ncc2c(-c3ccc(N(C)SON4CCOCC4)cc3)nn(C3CCCCC3)c2n1. The van der Waals surface area contributed by atoms with Crippen molar-refractivity contribution in [3.05, 3.63) is 30.5 Å². The highest BCUT2D eigenvalue weighted by atomic mass is 32.2. The fraction of sp³-hybridized carbons (Fsp3) is 0.577. The first-order valence-electron chi connectivity index (χ1n) is 13.2. The van der Waals surface area contributed by atoms with Gasteiger partial charge in [0.1, 0.15) is 17.9 Å². The summed E-state index contributed by atoms with van der Waals surface area (Å²) < 4.78 is 15.4. The Kier molecular flexibility index (Phi) is 8.58. The number of unbranched alkanes of at least 4 members (excludes halogenated alkanes) is 1. The Morgan fingerprint density at radius 1 is 1.14 bits per heavy atom. The van der Waals surface area contributed by atoms with Crippen molar-refractivity contribution in [2.45, 2.75) is 57.9 Å². The van der Waals surface area contributed by atoms with Crippen LogP contribution in [0, 0.1) is 0 Å². The average molecular weight is 512 g/mol. The Hall–Kier alpha value is -2.40. The maximum Gasteiger partial charge on any atom is 0.224 e. The zero-order valence-corrected chi connectivity index (χ0v) is 22.2. The minimum Gasteiger partial charge on any atom is -0.379 e. The van der Waals surface area contributed by atoms with Crippen LogP contribution in [0.5, 0.6) is 0 Å². The van der Waals surface area contributed by atoms with Gasteiger partial charge in [-0.3, -0.25) is 4.31 Å². The third-order valence-electron chi connectivity index (χ3n) is 6.91. The van der Waals surface area contributed by atoms with Crippen molar-refractivity contribution in [3.8, 4) is 11.3 Å². The molecule has 1 aliphatic heterocycles. The van der Waals surface area contributed by atoms with E-state index in [1.54, 1.807) is 0 Å². The Balaban J connectivity index is 1.37. The molecule has 2 aliphatic rings. The first-order chi connectivity index (χ1) is 17.7. The fourth-order valence-corrected chi connectivity index (χ4v) is 5.32. The van der Waals surface area contributed by atoms with Crippen LogP contribution in [-0.2, 0) is 9.02 Å². The van der Waals surface area contributed by atoms with Crippen molar-refractivity contribution in [2.75, 3.05) is 49.5 Å². The van der Waals surface area contributed by atoms with Gasteiger partial charge in [0.25, 0.3) is 0 Å². The van der Waals surface area contributed by atoms with Gasteiger partial charge in [-0.15, -0.1) is 0 Å². The largest absolute Gasteiger partial charge is 0.379 e. The quantitative estimate of drug-likeness (QED) is 0.216. The van der Waals surface area contributed by atoms with Crippen LogP contribution in [-0.4, -0.2) is 64.7 Å². The molecule has 2 aromatic heterocycles. The molecule has 0 radical (unpaired) electrons. The van der Waals surface area contributed by atoms with E-state index >= 15 is 0 Å². The molecule has 3 aromatic rings. The summed E-state index contributed by atoms with van der Waals surface area (Å²) in [5.74, 6) is 0.689. The molecule has 3 heterocycles. The van der Waals surface area contributed by atoms with Crippen LogP contribution in [0.1, 0.15) is 57.9 Å². The number of fused-ring (bicyclic) bond motifs is 1. The lowest BCUT2D eigenvalue weighted by molar-refractivity contribution is -0.105. The highest BCUT2D eigenvalue weighted by Crippen LogP contribution is 2.35. The number of hydrogen-bond acceptors (Lipinski definition) is 9. The van der Waals surface area contributed by atoms with Gasteiger partial charge in [0.05, 0.1) is 24.6 Å². The van der Waals surface area contributed by atoms with Gasteiger partial charge in [-0.1, -0.05) is 44.7 Å². The number of morpholine rings is 1. The molecule has 0 spiro atoms. The fourth-order valence-electron chi connectivity index (χ4n) is 4.77. The third-order valence-corrected chi connectivity index (χ3v) is 7.62. The van der Waals surface area contributed by atoms with Crippen molar-refractivity contribution < 1.29 is 9.02 Å². The molecular formula is C26H37N7O2S. The minimum atomic E-state index is 0.396. The van der Waals surface area contributed by atoms with Crippen LogP contribution in [0.15, 0.2) is 30.5 Å². The summed E-state index contributed by atoms with van der Waals surface area (Å²) in [5.41, 5.74) is 4.01. The second-order valence-electron chi connectivity index (χ2n) is 9.53. The first-order valence-corrected chi connectivity index (χ1v) is 13.9. The predicted octanol–water partition coefficient (Wildman–Crippen LogP) is 5.47. The number of anilines is 2. The lowest BCUT2D eigenvalue weighted by Crippen LogP contribution is -2.35. The molecule has 36 heavy (non-hydrogen) atoms. The second-order valence-corrected chi connectivity index (χ2v) is 10.4. The molecule has 5 rings (SSSR count). The molecule has 0 bridgehead atoms. The Bertz CT molecular complexity index is 1110. The molecule has 10 heteroatoms. The van der Waals surface area contributed by atoms with Crippen LogP contribution in [0.3, 0.4) is 0 Å². The zero-order chi connectivity index (χ0) is 24.7. The van der Waals surface area contributed by atoms with Crippen molar-refractivity contribution >= 4 is 34.9 Å². The van der Waals surface area contributed by atoms with E-state index in [-0.39, 0.29) is 0 Å². The molecule has 9 nitrogen and oxygen atoms in total. The number of ether oxygens (including phenoxy) is 1. The number of nitrogens with zero attached hydrogens (tertiary/aromatic N) is 6. The smallest absolute Gasteiger partial charge is 0.224 e. The molecular weight excluding hydrogens is 474 g/mol. The van der Waals surface area contributed by atoms with Crippen LogP contribution in [0.4, 0.5) is 11.6 Å². The van der Waals surface area contributed by atoms with E-state index in [2.05, 4.69) is 46.2 Å². The minimum absolute atomic E-state index is 0.396. The predicted molar refractivity (Wildman–Crippen MR) is 146 cm³/mol. The van der Waals surface area contributed by atoms with E-state index in [4.69, 9.17) is 19.1 Å². The van der Waals surface area contributed by atoms with Gasteiger partial charge in [-0.25, -0.2) is 13.9 Å². The summed E-state index contributed by atoms with van der Waals surface area (Å²) in [7, 11) is 2.01. The topological polar surface area (TPSA) is 80.6 Å². The maximum atomic E-state index is 5.85. The average Bonchev–Trinajstić information content (AvgIpc) is 3.32. The van der Waals surface area contributed by atoms with E-state index in [1.807, 2.05) is 22.6 Å². The third kappa shape index (κ3) is 5.94. The molecule has 1 N–H and O–H groups in total. The maximum absolute atomic E-state index is 5.85. The molecule has 1 saturated carbocycles. The van der Waals surface area contributed by atoms with Crippen LogP contribution < -0.4 is 9.62 Å².